The maximum atomic E-state index is 14.1. The van der Waals surface area contributed by atoms with Crippen molar-refractivity contribution in [2.75, 3.05) is 5.32 Å². The van der Waals surface area contributed by atoms with Gasteiger partial charge in [-0.1, -0.05) is 23.7 Å². The van der Waals surface area contributed by atoms with Crippen LogP contribution in [-0.4, -0.2) is 21.3 Å². The Morgan fingerprint density at radius 1 is 1.08 bits per heavy atom. The molecule has 25 heavy (non-hydrogen) atoms. The molecule has 8 heteroatoms. The maximum absolute atomic E-state index is 14.1. The van der Waals surface area contributed by atoms with E-state index in [0.29, 0.717) is 5.02 Å². The van der Waals surface area contributed by atoms with Crippen molar-refractivity contribution in [3.63, 3.8) is 0 Å². The number of phenolic OH excluding ortho intramolecular Hbond substituents is 1. The zero-order valence-electron chi connectivity index (χ0n) is 12.6. The van der Waals surface area contributed by atoms with Crippen LogP contribution < -0.4 is 5.32 Å². The molecule has 3 N–H and O–H groups in total. The SMILES string of the molecule is N=Cc1cc(F)c(O)c(F)c1Nc1ncc(-c2ccc(Cl)cc2)cn1. The van der Waals surface area contributed by atoms with Gasteiger partial charge in [-0.3, -0.25) is 0 Å². The predicted molar refractivity (Wildman–Crippen MR) is 91.7 cm³/mol. The van der Waals surface area contributed by atoms with Crippen molar-refractivity contribution in [1.29, 1.82) is 5.41 Å². The smallest absolute Gasteiger partial charge is 0.227 e. The lowest BCUT2D eigenvalue weighted by Crippen LogP contribution is -2.04. The minimum absolute atomic E-state index is 0.0331. The molecule has 0 spiro atoms. The molecule has 126 valence electrons. The lowest BCUT2D eigenvalue weighted by Gasteiger charge is -2.11. The number of nitrogens with one attached hydrogen (secondary N) is 2. The second kappa shape index (κ2) is 6.82. The molecular weight excluding hydrogens is 350 g/mol. The van der Waals surface area contributed by atoms with E-state index in [4.69, 9.17) is 17.0 Å². The number of hydrogen-bond acceptors (Lipinski definition) is 5. The summed E-state index contributed by atoms with van der Waals surface area (Å²) < 4.78 is 27.4. The molecule has 0 radical (unpaired) electrons. The fourth-order valence-corrected chi connectivity index (χ4v) is 2.29. The van der Waals surface area contributed by atoms with E-state index in [1.54, 1.807) is 24.3 Å². The average molecular weight is 361 g/mol. The monoisotopic (exact) mass is 360 g/mol. The van der Waals surface area contributed by atoms with Gasteiger partial charge in [0.2, 0.25) is 5.95 Å². The second-order valence-corrected chi connectivity index (χ2v) is 5.49. The lowest BCUT2D eigenvalue weighted by molar-refractivity contribution is 0.397. The van der Waals surface area contributed by atoms with Crippen LogP contribution in [0.5, 0.6) is 5.75 Å². The molecule has 0 bridgehead atoms. The van der Waals surface area contributed by atoms with Crippen molar-refractivity contribution in [3.8, 4) is 16.9 Å². The summed E-state index contributed by atoms with van der Waals surface area (Å²) in [6, 6.07) is 7.92. The van der Waals surface area contributed by atoms with Crippen molar-refractivity contribution in [3.05, 3.63) is 64.9 Å². The van der Waals surface area contributed by atoms with E-state index < -0.39 is 17.4 Å². The Morgan fingerprint density at radius 2 is 1.72 bits per heavy atom. The average Bonchev–Trinajstić information content (AvgIpc) is 2.63. The first kappa shape index (κ1) is 16.8. The normalized spacial score (nSPS) is 10.5. The van der Waals surface area contributed by atoms with E-state index in [1.165, 1.54) is 12.4 Å². The molecule has 1 heterocycles. The minimum Gasteiger partial charge on any atom is -0.503 e. The number of hydrogen-bond donors (Lipinski definition) is 3. The third-order valence-corrected chi connectivity index (χ3v) is 3.70. The van der Waals surface area contributed by atoms with E-state index in [0.717, 1.165) is 23.4 Å². The first-order chi connectivity index (χ1) is 12.0. The van der Waals surface area contributed by atoms with Gasteiger partial charge in [-0.25, -0.2) is 18.7 Å². The Bertz CT molecular complexity index is 931. The largest absolute Gasteiger partial charge is 0.503 e. The highest BCUT2D eigenvalue weighted by Crippen LogP contribution is 2.31. The van der Waals surface area contributed by atoms with Crippen LogP contribution in [0, 0.1) is 17.0 Å². The zero-order chi connectivity index (χ0) is 18.0. The van der Waals surface area contributed by atoms with E-state index >= 15 is 0 Å². The van der Waals surface area contributed by atoms with Crippen molar-refractivity contribution < 1.29 is 13.9 Å². The van der Waals surface area contributed by atoms with Gasteiger partial charge in [0.05, 0.1) is 5.69 Å². The summed E-state index contributed by atoms with van der Waals surface area (Å²) >= 11 is 5.84. The molecule has 1 aromatic heterocycles. The van der Waals surface area contributed by atoms with Gasteiger partial charge < -0.3 is 15.8 Å². The molecule has 0 unspecified atom stereocenters. The van der Waals surface area contributed by atoms with Gasteiger partial charge in [0, 0.05) is 34.8 Å². The molecule has 0 aliphatic carbocycles. The number of rotatable bonds is 4. The summed E-state index contributed by atoms with van der Waals surface area (Å²) in [5.74, 6) is -3.47. The van der Waals surface area contributed by atoms with E-state index in [1.807, 2.05) is 0 Å². The summed E-state index contributed by atoms with van der Waals surface area (Å²) in [7, 11) is 0. The van der Waals surface area contributed by atoms with E-state index in [9.17, 15) is 13.9 Å². The highest BCUT2D eigenvalue weighted by atomic mass is 35.5. The fourth-order valence-electron chi connectivity index (χ4n) is 2.16. The van der Waals surface area contributed by atoms with Gasteiger partial charge in [0.15, 0.2) is 17.4 Å². The molecular formula is C17H11ClF2N4O. The Labute approximate surface area is 146 Å². The van der Waals surface area contributed by atoms with Gasteiger partial charge in [-0.05, 0) is 23.8 Å². The molecule has 0 aliphatic heterocycles. The topological polar surface area (TPSA) is 81.9 Å². The van der Waals surface area contributed by atoms with Crippen LogP contribution in [0.25, 0.3) is 11.1 Å². The summed E-state index contributed by atoms with van der Waals surface area (Å²) in [4.78, 5) is 8.14. The summed E-state index contributed by atoms with van der Waals surface area (Å²) in [6.07, 6.45) is 3.80. The molecule has 3 aromatic rings. The molecule has 0 aliphatic rings. The van der Waals surface area contributed by atoms with Crippen LogP contribution in [0.4, 0.5) is 20.4 Å². The van der Waals surface area contributed by atoms with Crippen molar-refractivity contribution in [2.45, 2.75) is 0 Å². The van der Waals surface area contributed by atoms with Crippen LogP contribution in [0.2, 0.25) is 5.02 Å². The number of aromatic hydroxyl groups is 1. The van der Waals surface area contributed by atoms with Gasteiger partial charge in [0.25, 0.3) is 0 Å². The Morgan fingerprint density at radius 3 is 2.32 bits per heavy atom. The predicted octanol–water partition coefficient (Wildman–Crippen LogP) is 4.52. The number of nitrogens with zero attached hydrogens (tertiary/aromatic N) is 2. The fraction of sp³-hybridized carbons (Fsp3) is 0. The molecule has 0 saturated carbocycles. The summed E-state index contributed by atoms with van der Waals surface area (Å²) in [5.41, 5.74) is 1.20. The van der Waals surface area contributed by atoms with E-state index in [-0.39, 0.29) is 17.2 Å². The molecule has 5 nitrogen and oxygen atoms in total. The molecule has 2 aromatic carbocycles. The Hall–Kier alpha value is -3.06. The van der Waals surface area contributed by atoms with Gasteiger partial charge in [0.1, 0.15) is 0 Å². The molecule has 0 atom stereocenters. The lowest BCUT2D eigenvalue weighted by atomic mass is 10.1. The van der Waals surface area contributed by atoms with Crippen molar-refractivity contribution >= 4 is 29.5 Å². The van der Waals surface area contributed by atoms with Crippen LogP contribution in [0.15, 0.2) is 42.7 Å². The first-order valence-corrected chi connectivity index (χ1v) is 7.44. The number of halogens is 3. The van der Waals surface area contributed by atoms with Gasteiger partial charge >= 0.3 is 0 Å². The van der Waals surface area contributed by atoms with Gasteiger partial charge in [-0.2, -0.15) is 0 Å². The third kappa shape index (κ3) is 3.41. The molecule has 0 fully saturated rings. The second-order valence-electron chi connectivity index (χ2n) is 5.06. The Kier molecular flexibility index (Phi) is 4.58. The molecule has 3 rings (SSSR count). The summed E-state index contributed by atoms with van der Waals surface area (Å²) in [5, 5.41) is 19.8. The Balaban J connectivity index is 1.91. The number of aromatic nitrogens is 2. The number of benzene rings is 2. The highest BCUT2D eigenvalue weighted by Gasteiger charge is 2.18. The van der Waals surface area contributed by atoms with E-state index in [2.05, 4.69) is 15.3 Å². The highest BCUT2D eigenvalue weighted by molar-refractivity contribution is 6.30. The van der Waals surface area contributed by atoms with Crippen LogP contribution in [0.1, 0.15) is 5.56 Å². The maximum Gasteiger partial charge on any atom is 0.227 e. The first-order valence-electron chi connectivity index (χ1n) is 7.06. The van der Waals surface area contributed by atoms with Crippen molar-refractivity contribution in [2.24, 2.45) is 0 Å². The van der Waals surface area contributed by atoms with Gasteiger partial charge in [-0.15, -0.1) is 0 Å². The van der Waals surface area contributed by atoms with Crippen LogP contribution in [-0.2, 0) is 0 Å². The van der Waals surface area contributed by atoms with Crippen LogP contribution in [0.3, 0.4) is 0 Å². The number of phenols is 1. The quantitative estimate of drug-likeness (QED) is 0.597. The molecule has 0 saturated heterocycles. The molecule has 0 amide bonds. The number of anilines is 2. The van der Waals surface area contributed by atoms with Crippen molar-refractivity contribution in [1.82, 2.24) is 9.97 Å². The van der Waals surface area contributed by atoms with Crippen LogP contribution >= 0.6 is 11.6 Å². The minimum atomic E-state index is -1.22. The standard InChI is InChI=1S/C17H11ClF2N4O/c18-12-3-1-9(2-4-12)11-7-22-17(23-8-11)24-15-10(6-21)5-13(19)16(25)14(15)20/h1-8,21,25H,(H,22,23,24). The summed E-state index contributed by atoms with van der Waals surface area (Å²) in [6.45, 7) is 0. The third-order valence-electron chi connectivity index (χ3n) is 3.45. The zero-order valence-corrected chi connectivity index (χ0v) is 13.4.